The Morgan fingerprint density at radius 1 is 1.19 bits per heavy atom. The maximum Gasteiger partial charge on any atom is 0.318 e. The van der Waals surface area contributed by atoms with E-state index in [-0.39, 0.29) is 0 Å². The number of nitrogens with one attached hydrogen (secondary N) is 1. The van der Waals surface area contributed by atoms with E-state index in [0.29, 0.717) is 0 Å². The summed E-state index contributed by atoms with van der Waals surface area (Å²) < 4.78 is 0. The first-order valence-electron chi connectivity index (χ1n) is 5.23. The summed E-state index contributed by atoms with van der Waals surface area (Å²) >= 11 is 0. The number of fused-ring (bicyclic) bond motifs is 1. The van der Waals surface area contributed by atoms with Crippen molar-refractivity contribution in [1.82, 2.24) is 5.32 Å². The highest BCUT2D eigenvalue weighted by atomic mass is 16.2. The number of primary amides is 1. The molecule has 1 aliphatic rings. The van der Waals surface area contributed by atoms with Crippen molar-refractivity contribution in [3.63, 3.8) is 0 Å². The highest BCUT2D eigenvalue weighted by Gasteiger charge is 2.07. The Kier molecular flexibility index (Phi) is 4.51. The topological polar surface area (TPSA) is 72.2 Å². The predicted octanol–water partition coefficient (Wildman–Crippen LogP) is 1.38. The Hall–Kier alpha value is -1.84. The van der Waals surface area contributed by atoms with Crippen molar-refractivity contribution < 1.29 is 9.59 Å². The van der Waals surface area contributed by atoms with Gasteiger partial charge in [0.15, 0.2) is 0 Å². The molecular weight excluding hydrogens is 204 g/mol. The van der Waals surface area contributed by atoms with Gasteiger partial charge in [-0.05, 0) is 30.4 Å². The van der Waals surface area contributed by atoms with Gasteiger partial charge in [-0.15, -0.1) is 0 Å². The average Bonchev–Trinajstić information content (AvgIpc) is 2.63. The molecule has 86 valence electrons. The van der Waals surface area contributed by atoms with E-state index in [1.165, 1.54) is 26.2 Å². The second kappa shape index (κ2) is 5.90. The molecule has 0 unspecified atom stereocenters. The molecule has 1 aliphatic carbocycles. The second-order valence-electron chi connectivity index (χ2n) is 3.67. The summed E-state index contributed by atoms with van der Waals surface area (Å²) in [6.45, 7) is 1.21. The number of amides is 3. The number of nitrogens with two attached hydrogens (primary N) is 1. The normalized spacial score (nSPS) is 12.1. The van der Waals surface area contributed by atoms with Crippen LogP contribution in [0.4, 0.5) is 4.79 Å². The van der Waals surface area contributed by atoms with Crippen molar-refractivity contribution in [2.24, 2.45) is 5.73 Å². The van der Waals surface area contributed by atoms with Crippen molar-refractivity contribution in [2.75, 3.05) is 0 Å². The Bertz CT molecular complexity index is 353. The van der Waals surface area contributed by atoms with Gasteiger partial charge in [-0.25, -0.2) is 4.79 Å². The molecule has 3 N–H and O–H groups in total. The molecule has 1 aromatic rings. The van der Waals surface area contributed by atoms with E-state index in [1.54, 1.807) is 16.4 Å². The standard InChI is InChI=1S/C9H10.C3H6N2O2/c1-2-5-9-7-3-6-8(9)4-1;1-2(6)5-3(4)7/h1-2,4-5H,3,6-7H2;1H3,(H3,4,5,6,7). The molecule has 0 atom stereocenters. The summed E-state index contributed by atoms with van der Waals surface area (Å²) in [5.74, 6) is -0.437. The zero-order valence-corrected chi connectivity index (χ0v) is 9.32. The predicted molar refractivity (Wildman–Crippen MR) is 61.9 cm³/mol. The van der Waals surface area contributed by atoms with Crippen molar-refractivity contribution in [1.29, 1.82) is 0 Å². The van der Waals surface area contributed by atoms with Crippen LogP contribution in [-0.2, 0) is 17.6 Å². The Balaban J connectivity index is 0.000000168. The van der Waals surface area contributed by atoms with Gasteiger partial charge in [0.25, 0.3) is 0 Å². The molecule has 0 saturated carbocycles. The van der Waals surface area contributed by atoms with Crippen LogP contribution in [0.5, 0.6) is 0 Å². The maximum atomic E-state index is 9.84. The van der Waals surface area contributed by atoms with E-state index in [4.69, 9.17) is 0 Å². The van der Waals surface area contributed by atoms with E-state index < -0.39 is 11.9 Å². The fourth-order valence-electron chi connectivity index (χ4n) is 1.69. The van der Waals surface area contributed by atoms with Gasteiger partial charge in [0.05, 0.1) is 0 Å². The molecular formula is C12H16N2O2. The van der Waals surface area contributed by atoms with Crippen LogP contribution in [0.2, 0.25) is 0 Å². The lowest BCUT2D eigenvalue weighted by Crippen LogP contribution is -2.32. The molecule has 1 aromatic carbocycles. The molecule has 0 spiro atoms. The summed E-state index contributed by atoms with van der Waals surface area (Å²) in [6, 6.07) is 7.92. The maximum absolute atomic E-state index is 9.84. The largest absolute Gasteiger partial charge is 0.351 e. The van der Waals surface area contributed by atoms with Gasteiger partial charge >= 0.3 is 6.03 Å². The van der Waals surface area contributed by atoms with Crippen LogP contribution in [0.15, 0.2) is 24.3 Å². The number of hydrogen-bond donors (Lipinski definition) is 2. The van der Waals surface area contributed by atoms with Crippen molar-refractivity contribution in [3.05, 3.63) is 35.4 Å². The van der Waals surface area contributed by atoms with Crippen LogP contribution >= 0.6 is 0 Å². The van der Waals surface area contributed by atoms with Crippen LogP contribution in [0.1, 0.15) is 24.5 Å². The third-order valence-electron chi connectivity index (χ3n) is 2.31. The van der Waals surface area contributed by atoms with Crippen LogP contribution in [0.3, 0.4) is 0 Å². The molecule has 0 radical (unpaired) electrons. The number of imide groups is 1. The van der Waals surface area contributed by atoms with Gasteiger partial charge in [0, 0.05) is 6.92 Å². The Morgan fingerprint density at radius 3 is 2.00 bits per heavy atom. The third-order valence-corrected chi connectivity index (χ3v) is 2.31. The first-order valence-corrected chi connectivity index (χ1v) is 5.23. The van der Waals surface area contributed by atoms with Gasteiger partial charge in [-0.2, -0.15) is 0 Å². The van der Waals surface area contributed by atoms with Gasteiger partial charge in [-0.3, -0.25) is 10.1 Å². The molecule has 0 heterocycles. The fourth-order valence-corrected chi connectivity index (χ4v) is 1.69. The smallest absolute Gasteiger partial charge is 0.318 e. The molecule has 0 saturated heterocycles. The van der Waals surface area contributed by atoms with Crippen LogP contribution < -0.4 is 11.1 Å². The number of aryl methyl sites for hydroxylation is 2. The summed E-state index contributed by atoms with van der Waals surface area (Å²) in [4.78, 5) is 19.5. The minimum Gasteiger partial charge on any atom is -0.351 e. The fraction of sp³-hybridized carbons (Fsp3) is 0.333. The molecule has 0 fully saturated rings. The Morgan fingerprint density at radius 2 is 1.69 bits per heavy atom. The van der Waals surface area contributed by atoms with Gasteiger partial charge in [0.2, 0.25) is 5.91 Å². The van der Waals surface area contributed by atoms with Crippen LogP contribution in [0, 0.1) is 0 Å². The molecule has 3 amide bonds. The third kappa shape index (κ3) is 4.13. The second-order valence-corrected chi connectivity index (χ2v) is 3.67. The van der Waals surface area contributed by atoms with E-state index in [9.17, 15) is 9.59 Å². The van der Waals surface area contributed by atoms with E-state index in [0.717, 1.165) is 0 Å². The average molecular weight is 220 g/mol. The number of rotatable bonds is 0. The summed E-state index contributed by atoms with van der Waals surface area (Å²) in [7, 11) is 0. The number of carbonyl (C=O) groups excluding carboxylic acids is 2. The first kappa shape index (κ1) is 12.2. The SMILES string of the molecule is CC(=O)NC(N)=O.c1ccc2c(c1)CCC2. The van der Waals surface area contributed by atoms with Gasteiger partial charge < -0.3 is 5.73 Å². The highest BCUT2D eigenvalue weighted by molar-refractivity contribution is 5.92. The number of benzene rings is 1. The first-order chi connectivity index (χ1) is 7.59. The van der Waals surface area contributed by atoms with Crippen molar-refractivity contribution in [3.8, 4) is 0 Å². The minimum absolute atomic E-state index is 0.437. The molecule has 16 heavy (non-hydrogen) atoms. The number of urea groups is 1. The molecule has 2 rings (SSSR count). The molecule has 0 aromatic heterocycles. The zero-order valence-electron chi connectivity index (χ0n) is 9.32. The molecule has 0 aliphatic heterocycles. The van der Waals surface area contributed by atoms with Crippen molar-refractivity contribution >= 4 is 11.9 Å². The quantitative estimate of drug-likeness (QED) is 0.693. The van der Waals surface area contributed by atoms with Crippen LogP contribution in [0.25, 0.3) is 0 Å². The van der Waals surface area contributed by atoms with E-state index in [1.807, 2.05) is 0 Å². The molecule has 4 nitrogen and oxygen atoms in total. The zero-order chi connectivity index (χ0) is 12.0. The lowest BCUT2D eigenvalue weighted by atomic mass is 10.1. The summed E-state index contributed by atoms with van der Waals surface area (Å²) in [5, 5.41) is 1.81. The van der Waals surface area contributed by atoms with Gasteiger partial charge in [-0.1, -0.05) is 24.3 Å². The number of hydrogen-bond acceptors (Lipinski definition) is 2. The minimum atomic E-state index is -0.812. The summed E-state index contributed by atoms with van der Waals surface area (Å²) in [5.41, 5.74) is 7.66. The monoisotopic (exact) mass is 220 g/mol. The van der Waals surface area contributed by atoms with Gasteiger partial charge in [0.1, 0.15) is 0 Å². The van der Waals surface area contributed by atoms with Crippen LogP contribution in [-0.4, -0.2) is 11.9 Å². The van der Waals surface area contributed by atoms with E-state index in [2.05, 4.69) is 30.0 Å². The number of carbonyl (C=O) groups is 2. The van der Waals surface area contributed by atoms with E-state index >= 15 is 0 Å². The Labute approximate surface area is 94.8 Å². The molecule has 0 bridgehead atoms. The lowest BCUT2D eigenvalue weighted by Gasteiger charge is -1.93. The lowest BCUT2D eigenvalue weighted by molar-refractivity contribution is -0.117. The summed E-state index contributed by atoms with van der Waals surface area (Å²) in [6.07, 6.45) is 3.96. The highest BCUT2D eigenvalue weighted by Crippen LogP contribution is 2.20. The van der Waals surface area contributed by atoms with Crippen molar-refractivity contribution in [2.45, 2.75) is 26.2 Å². The molecule has 4 heteroatoms.